The van der Waals surface area contributed by atoms with Crippen molar-refractivity contribution in [1.29, 1.82) is 0 Å². The molecule has 11 heavy (non-hydrogen) atoms. The molecular weight excluding hydrogens is 140 g/mol. The van der Waals surface area contributed by atoms with Gasteiger partial charge in [-0.25, -0.2) is 0 Å². The van der Waals surface area contributed by atoms with Crippen LogP contribution in [0.25, 0.3) is 0 Å². The maximum absolute atomic E-state index is 11.3. The lowest BCUT2D eigenvalue weighted by atomic mass is 9.88. The van der Waals surface area contributed by atoms with E-state index in [-0.39, 0.29) is 17.5 Å². The summed E-state index contributed by atoms with van der Waals surface area (Å²) in [5.41, 5.74) is -0.0271. The Balaban J connectivity index is 2.19. The maximum atomic E-state index is 11.3. The van der Waals surface area contributed by atoms with Gasteiger partial charge in [0, 0.05) is 5.92 Å². The predicted molar refractivity (Wildman–Crippen MR) is 41.0 cm³/mol. The number of hydrogen-bond acceptors (Lipinski definition) is 2. The van der Waals surface area contributed by atoms with Gasteiger partial charge in [0.15, 0.2) is 0 Å². The Kier molecular flexibility index (Phi) is 1.29. The highest BCUT2D eigenvalue weighted by Gasteiger charge is 2.62. The molecule has 2 atom stereocenters. The lowest BCUT2D eigenvalue weighted by Crippen LogP contribution is -2.17. The largest absolute Gasteiger partial charge is 0.462 e. The Bertz CT molecular complexity index is 194. The summed E-state index contributed by atoms with van der Waals surface area (Å²) in [6.07, 6.45) is 3.28. The van der Waals surface area contributed by atoms with Crippen molar-refractivity contribution in [2.45, 2.75) is 39.2 Å². The molecular formula is C9H14O2. The highest BCUT2D eigenvalue weighted by molar-refractivity contribution is 5.82. The molecule has 2 fully saturated rings. The molecule has 2 heteroatoms. The standard InChI is InChI=1S/C9H14O2/c1-3-7-6(2)9(4-5-9)8(10)11-7/h6-7H,3-5H2,1-2H3/t6?,7-/m1/s1. The highest BCUT2D eigenvalue weighted by atomic mass is 16.6. The zero-order chi connectivity index (χ0) is 8.06. The molecule has 1 heterocycles. The van der Waals surface area contributed by atoms with Gasteiger partial charge >= 0.3 is 5.97 Å². The van der Waals surface area contributed by atoms with Crippen LogP contribution in [-0.2, 0) is 9.53 Å². The number of rotatable bonds is 1. The van der Waals surface area contributed by atoms with Crippen LogP contribution in [0.15, 0.2) is 0 Å². The first-order chi connectivity index (χ1) is 5.20. The number of hydrogen-bond donors (Lipinski definition) is 0. The van der Waals surface area contributed by atoms with Crippen LogP contribution in [0.2, 0.25) is 0 Å². The van der Waals surface area contributed by atoms with Crippen molar-refractivity contribution in [1.82, 2.24) is 0 Å². The number of carbonyl (C=O) groups excluding carboxylic acids is 1. The monoisotopic (exact) mass is 154 g/mol. The van der Waals surface area contributed by atoms with E-state index < -0.39 is 0 Å². The number of carbonyl (C=O) groups is 1. The first kappa shape index (κ1) is 7.14. The molecule has 0 radical (unpaired) electrons. The van der Waals surface area contributed by atoms with Gasteiger partial charge in [0.05, 0.1) is 5.41 Å². The second-order valence-electron chi connectivity index (χ2n) is 3.80. The van der Waals surface area contributed by atoms with Crippen molar-refractivity contribution in [3.8, 4) is 0 Å². The van der Waals surface area contributed by atoms with E-state index >= 15 is 0 Å². The van der Waals surface area contributed by atoms with Crippen LogP contribution in [0.3, 0.4) is 0 Å². The third kappa shape index (κ3) is 0.754. The summed E-state index contributed by atoms with van der Waals surface area (Å²) in [7, 11) is 0. The topological polar surface area (TPSA) is 26.3 Å². The van der Waals surface area contributed by atoms with Crippen LogP contribution in [-0.4, -0.2) is 12.1 Å². The van der Waals surface area contributed by atoms with E-state index in [0.29, 0.717) is 5.92 Å². The summed E-state index contributed by atoms with van der Waals surface area (Å²) >= 11 is 0. The van der Waals surface area contributed by atoms with Crippen molar-refractivity contribution in [3.63, 3.8) is 0 Å². The third-order valence-corrected chi connectivity index (χ3v) is 3.29. The predicted octanol–water partition coefficient (Wildman–Crippen LogP) is 1.74. The van der Waals surface area contributed by atoms with Crippen molar-refractivity contribution < 1.29 is 9.53 Å². The third-order valence-electron chi connectivity index (χ3n) is 3.29. The fraction of sp³-hybridized carbons (Fsp3) is 0.889. The summed E-state index contributed by atoms with van der Waals surface area (Å²) in [6.45, 7) is 4.22. The molecule has 1 saturated carbocycles. The fourth-order valence-corrected chi connectivity index (χ4v) is 2.13. The number of esters is 1. The Labute approximate surface area is 66.9 Å². The lowest BCUT2D eigenvalue weighted by molar-refractivity contribution is -0.145. The van der Waals surface area contributed by atoms with E-state index in [4.69, 9.17) is 4.74 Å². The van der Waals surface area contributed by atoms with Crippen LogP contribution in [0, 0.1) is 11.3 Å². The maximum Gasteiger partial charge on any atom is 0.312 e. The van der Waals surface area contributed by atoms with E-state index in [1.807, 2.05) is 0 Å². The summed E-state index contributed by atoms with van der Waals surface area (Å²) in [6, 6.07) is 0. The van der Waals surface area contributed by atoms with Crippen LogP contribution in [0.4, 0.5) is 0 Å². The zero-order valence-electron chi connectivity index (χ0n) is 7.09. The quantitative estimate of drug-likeness (QED) is 0.538. The van der Waals surface area contributed by atoms with Crippen LogP contribution < -0.4 is 0 Å². The van der Waals surface area contributed by atoms with E-state index in [0.717, 1.165) is 19.3 Å². The van der Waals surface area contributed by atoms with Gasteiger partial charge in [0.25, 0.3) is 0 Å². The molecule has 1 aliphatic carbocycles. The summed E-state index contributed by atoms with van der Waals surface area (Å²) in [4.78, 5) is 11.3. The van der Waals surface area contributed by atoms with Gasteiger partial charge in [0.1, 0.15) is 6.10 Å². The molecule has 1 aliphatic heterocycles. The SMILES string of the molecule is CC[C@H]1OC(=O)C2(CC2)C1C. The average Bonchev–Trinajstić information content (AvgIpc) is 2.74. The minimum Gasteiger partial charge on any atom is -0.462 e. The smallest absolute Gasteiger partial charge is 0.312 e. The molecule has 0 aromatic rings. The average molecular weight is 154 g/mol. The number of ether oxygens (including phenoxy) is 1. The van der Waals surface area contributed by atoms with Gasteiger partial charge in [-0.15, -0.1) is 0 Å². The summed E-state index contributed by atoms with van der Waals surface area (Å²) in [5.74, 6) is 0.525. The Hall–Kier alpha value is -0.530. The molecule has 2 aliphatic rings. The second kappa shape index (κ2) is 1.99. The van der Waals surface area contributed by atoms with E-state index in [9.17, 15) is 4.79 Å². The summed E-state index contributed by atoms with van der Waals surface area (Å²) < 4.78 is 5.26. The van der Waals surface area contributed by atoms with E-state index in [1.165, 1.54) is 0 Å². The molecule has 1 unspecified atom stereocenters. The van der Waals surface area contributed by atoms with E-state index in [2.05, 4.69) is 13.8 Å². The van der Waals surface area contributed by atoms with Crippen LogP contribution in [0.5, 0.6) is 0 Å². The minimum atomic E-state index is -0.0271. The first-order valence-electron chi connectivity index (χ1n) is 4.42. The van der Waals surface area contributed by atoms with Crippen LogP contribution in [0.1, 0.15) is 33.1 Å². The minimum absolute atomic E-state index is 0.0271. The molecule has 0 aromatic heterocycles. The molecule has 2 nitrogen and oxygen atoms in total. The highest BCUT2D eigenvalue weighted by Crippen LogP contribution is 2.58. The van der Waals surface area contributed by atoms with Gasteiger partial charge in [0.2, 0.25) is 0 Å². The molecule has 0 amide bonds. The molecule has 0 bridgehead atoms. The fourth-order valence-electron chi connectivity index (χ4n) is 2.13. The first-order valence-corrected chi connectivity index (χ1v) is 4.42. The molecule has 62 valence electrons. The Morgan fingerprint density at radius 1 is 1.64 bits per heavy atom. The van der Waals surface area contributed by atoms with Crippen molar-refractivity contribution >= 4 is 5.97 Å². The van der Waals surface area contributed by atoms with Gasteiger partial charge in [-0.2, -0.15) is 0 Å². The molecule has 2 rings (SSSR count). The molecule has 0 N–H and O–H groups in total. The summed E-state index contributed by atoms with van der Waals surface area (Å²) in [5, 5.41) is 0. The van der Waals surface area contributed by atoms with Gasteiger partial charge in [-0.05, 0) is 19.3 Å². The molecule has 1 saturated heterocycles. The van der Waals surface area contributed by atoms with Crippen molar-refractivity contribution in [2.75, 3.05) is 0 Å². The van der Waals surface area contributed by atoms with Crippen molar-refractivity contribution in [2.24, 2.45) is 11.3 Å². The van der Waals surface area contributed by atoms with Crippen LogP contribution >= 0.6 is 0 Å². The van der Waals surface area contributed by atoms with Gasteiger partial charge in [-0.1, -0.05) is 13.8 Å². The lowest BCUT2D eigenvalue weighted by Gasteiger charge is -2.12. The van der Waals surface area contributed by atoms with Gasteiger partial charge < -0.3 is 4.74 Å². The number of cyclic esters (lactones) is 1. The Morgan fingerprint density at radius 2 is 2.27 bits per heavy atom. The Morgan fingerprint density at radius 3 is 2.55 bits per heavy atom. The molecule has 1 spiro atoms. The second-order valence-corrected chi connectivity index (χ2v) is 3.80. The van der Waals surface area contributed by atoms with Gasteiger partial charge in [-0.3, -0.25) is 4.79 Å². The van der Waals surface area contributed by atoms with Crippen molar-refractivity contribution in [3.05, 3.63) is 0 Å². The molecule has 0 aromatic carbocycles. The van der Waals surface area contributed by atoms with E-state index in [1.54, 1.807) is 0 Å². The normalized spacial score (nSPS) is 39.3. The zero-order valence-corrected chi connectivity index (χ0v) is 7.09.